The molecule has 1 N–H and O–H groups in total. The van der Waals surface area contributed by atoms with Crippen LogP contribution in [0.1, 0.15) is 21.6 Å². The van der Waals surface area contributed by atoms with Gasteiger partial charge in [-0.05, 0) is 18.6 Å². The molecule has 0 atom stereocenters. The largest absolute Gasteiger partial charge is 0.494 e. The molecule has 0 bridgehead atoms. The van der Waals surface area contributed by atoms with Gasteiger partial charge in [-0.3, -0.25) is 9.48 Å². The Bertz CT molecular complexity index is 1180. The van der Waals surface area contributed by atoms with Gasteiger partial charge in [0.25, 0.3) is 5.91 Å². The average Bonchev–Trinajstić information content (AvgIpc) is 3.22. The molecule has 1 saturated heterocycles. The second kappa shape index (κ2) is 10.00. The Morgan fingerprint density at radius 2 is 1.88 bits per heavy atom. The fourth-order valence-corrected chi connectivity index (χ4v) is 3.46. The van der Waals surface area contributed by atoms with Gasteiger partial charge in [0.2, 0.25) is 5.95 Å². The highest BCUT2D eigenvalue weighted by Gasteiger charge is 2.22. The van der Waals surface area contributed by atoms with E-state index in [1.807, 2.05) is 0 Å². The van der Waals surface area contributed by atoms with E-state index in [0.717, 1.165) is 0 Å². The molecule has 34 heavy (non-hydrogen) atoms. The Morgan fingerprint density at radius 1 is 1.18 bits per heavy atom. The van der Waals surface area contributed by atoms with E-state index in [0.29, 0.717) is 37.8 Å². The maximum atomic E-state index is 14.4. The second-order valence-corrected chi connectivity index (χ2v) is 7.60. The van der Waals surface area contributed by atoms with Crippen LogP contribution in [0, 0.1) is 18.6 Å². The van der Waals surface area contributed by atoms with Crippen molar-refractivity contribution in [1.82, 2.24) is 24.6 Å². The number of benzene rings is 1. The van der Waals surface area contributed by atoms with Crippen molar-refractivity contribution in [2.24, 2.45) is 7.05 Å². The lowest BCUT2D eigenvalue weighted by atomic mass is 10.1. The van der Waals surface area contributed by atoms with Gasteiger partial charge in [-0.2, -0.15) is 5.10 Å². The number of anilines is 2. The molecule has 10 nitrogen and oxygen atoms in total. The molecule has 1 aromatic carbocycles. The van der Waals surface area contributed by atoms with E-state index in [1.165, 1.54) is 37.2 Å². The minimum Gasteiger partial charge on any atom is -0.494 e. The van der Waals surface area contributed by atoms with Crippen LogP contribution in [-0.2, 0) is 18.4 Å². The van der Waals surface area contributed by atoms with Gasteiger partial charge < -0.3 is 24.4 Å². The molecule has 1 fully saturated rings. The standard InChI is InChI=1S/C22H24F2N6O4/c1-13-8-17(32-3)20(24)15(19(13)23)12-34-14-10-25-22(26-11-14)27-18-9-16(29(2)28-18)21(31)30-4-6-33-7-5-30/h8-11H,4-7,12H2,1-3H3,(H,25,26,27,28). The molecule has 180 valence electrons. The number of nitrogens with one attached hydrogen (secondary N) is 1. The molecule has 1 aliphatic heterocycles. The molecule has 0 unspecified atom stereocenters. The summed E-state index contributed by atoms with van der Waals surface area (Å²) in [6.07, 6.45) is 2.72. The monoisotopic (exact) mass is 474 g/mol. The van der Waals surface area contributed by atoms with Gasteiger partial charge in [-0.1, -0.05) is 0 Å². The molecule has 3 aromatic rings. The highest BCUT2D eigenvalue weighted by atomic mass is 19.1. The highest BCUT2D eigenvalue weighted by molar-refractivity contribution is 5.93. The Labute approximate surface area is 194 Å². The molecular formula is C22H24F2N6O4. The Kier molecular flexibility index (Phi) is 6.87. The molecule has 0 saturated carbocycles. The van der Waals surface area contributed by atoms with Crippen molar-refractivity contribution in [2.75, 3.05) is 38.7 Å². The van der Waals surface area contributed by atoms with E-state index < -0.39 is 11.6 Å². The van der Waals surface area contributed by atoms with Gasteiger partial charge in [0.1, 0.15) is 18.1 Å². The van der Waals surface area contributed by atoms with Gasteiger partial charge in [0.15, 0.2) is 23.1 Å². The average molecular weight is 474 g/mol. The first-order valence-corrected chi connectivity index (χ1v) is 10.5. The highest BCUT2D eigenvalue weighted by Crippen LogP contribution is 2.27. The predicted octanol–water partition coefficient (Wildman–Crippen LogP) is 2.60. The number of aryl methyl sites for hydroxylation is 2. The van der Waals surface area contributed by atoms with Crippen molar-refractivity contribution >= 4 is 17.7 Å². The lowest BCUT2D eigenvalue weighted by Crippen LogP contribution is -2.41. The maximum Gasteiger partial charge on any atom is 0.272 e. The predicted molar refractivity (Wildman–Crippen MR) is 117 cm³/mol. The number of halogens is 2. The first-order chi connectivity index (χ1) is 16.4. The van der Waals surface area contributed by atoms with Crippen molar-refractivity contribution in [2.45, 2.75) is 13.5 Å². The van der Waals surface area contributed by atoms with E-state index in [4.69, 9.17) is 14.2 Å². The Balaban J connectivity index is 1.40. The van der Waals surface area contributed by atoms with Crippen LogP contribution in [0.5, 0.6) is 11.5 Å². The van der Waals surface area contributed by atoms with Crippen LogP contribution in [0.2, 0.25) is 0 Å². The number of carbonyl (C=O) groups is 1. The summed E-state index contributed by atoms with van der Waals surface area (Å²) >= 11 is 0. The van der Waals surface area contributed by atoms with Crippen molar-refractivity contribution in [3.05, 3.63) is 53.0 Å². The third kappa shape index (κ3) is 4.91. The van der Waals surface area contributed by atoms with Crippen molar-refractivity contribution in [3.63, 3.8) is 0 Å². The summed E-state index contributed by atoms with van der Waals surface area (Å²) in [5.74, 6) is -0.890. The van der Waals surface area contributed by atoms with Gasteiger partial charge in [0.05, 0.1) is 38.3 Å². The smallest absolute Gasteiger partial charge is 0.272 e. The quantitative estimate of drug-likeness (QED) is 0.558. The number of ether oxygens (including phenoxy) is 3. The minimum atomic E-state index is -0.817. The number of amides is 1. The fourth-order valence-electron chi connectivity index (χ4n) is 3.46. The maximum absolute atomic E-state index is 14.4. The number of methoxy groups -OCH3 is 1. The van der Waals surface area contributed by atoms with E-state index in [-0.39, 0.29) is 41.1 Å². The molecular weight excluding hydrogens is 450 g/mol. The van der Waals surface area contributed by atoms with Crippen molar-refractivity contribution in [3.8, 4) is 11.5 Å². The van der Waals surface area contributed by atoms with E-state index in [2.05, 4.69) is 20.4 Å². The molecule has 0 spiro atoms. The fraction of sp³-hybridized carbons (Fsp3) is 0.364. The van der Waals surface area contributed by atoms with Crippen LogP contribution in [0.4, 0.5) is 20.5 Å². The summed E-state index contributed by atoms with van der Waals surface area (Å²) in [6, 6.07) is 2.90. The van der Waals surface area contributed by atoms with Gasteiger partial charge in [-0.25, -0.2) is 18.7 Å². The van der Waals surface area contributed by atoms with Crippen LogP contribution < -0.4 is 14.8 Å². The summed E-state index contributed by atoms with van der Waals surface area (Å²) in [4.78, 5) is 22.7. The Morgan fingerprint density at radius 3 is 2.56 bits per heavy atom. The third-order valence-electron chi connectivity index (χ3n) is 5.31. The molecule has 1 aliphatic rings. The number of morpholine rings is 1. The Hall–Kier alpha value is -3.80. The van der Waals surface area contributed by atoms with Gasteiger partial charge in [0, 0.05) is 26.2 Å². The van der Waals surface area contributed by atoms with E-state index in [1.54, 1.807) is 18.0 Å². The first kappa shape index (κ1) is 23.4. The van der Waals surface area contributed by atoms with Crippen LogP contribution in [0.25, 0.3) is 0 Å². The van der Waals surface area contributed by atoms with Crippen LogP contribution in [-0.4, -0.2) is 64.0 Å². The number of hydrogen-bond donors (Lipinski definition) is 1. The second-order valence-electron chi connectivity index (χ2n) is 7.60. The number of hydrogen-bond acceptors (Lipinski definition) is 8. The van der Waals surface area contributed by atoms with Crippen LogP contribution in [0.3, 0.4) is 0 Å². The molecule has 3 heterocycles. The summed E-state index contributed by atoms with van der Waals surface area (Å²) in [6.45, 7) is 3.23. The number of nitrogens with zero attached hydrogens (tertiary/aromatic N) is 5. The summed E-state index contributed by atoms with van der Waals surface area (Å²) in [7, 11) is 2.98. The topological polar surface area (TPSA) is 104 Å². The molecule has 0 radical (unpaired) electrons. The van der Waals surface area contributed by atoms with Crippen LogP contribution >= 0.6 is 0 Å². The van der Waals surface area contributed by atoms with Crippen LogP contribution in [0.15, 0.2) is 24.5 Å². The van der Waals surface area contributed by atoms with E-state index >= 15 is 0 Å². The zero-order chi connectivity index (χ0) is 24.2. The lowest BCUT2D eigenvalue weighted by molar-refractivity contribution is 0.0295. The summed E-state index contributed by atoms with van der Waals surface area (Å²) in [5, 5.41) is 7.21. The van der Waals surface area contributed by atoms with Gasteiger partial charge in [-0.15, -0.1) is 0 Å². The molecule has 12 heteroatoms. The molecule has 0 aliphatic carbocycles. The zero-order valence-corrected chi connectivity index (χ0v) is 19.0. The summed E-state index contributed by atoms with van der Waals surface area (Å²) in [5.41, 5.74) is 0.418. The third-order valence-corrected chi connectivity index (χ3v) is 5.31. The minimum absolute atomic E-state index is 0.0601. The van der Waals surface area contributed by atoms with Crippen molar-refractivity contribution < 1.29 is 27.8 Å². The number of carbonyl (C=O) groups excluding carboxylic acids is 1. The lowest BCUT2D eigenvalue weighted by Gasteiger charge is -2.26. The summed E-state index contributed by atoms with van der Waals surface area (Å²) < 4.78 is 45.9. The number of rotatable bonds is 7. The molecule has 4 rings (SSSR count). The van der Waals surface area contributed by atoms with Crippen molar-refractivity contribution in [1.29, 1.82) is 0 Å². The first-order valence-electron chi connectivity index (χ1n) is 10.5. The number of aromatic nitrogens is 4. The SMILES string of the molecule is COc1cc(C)c(F)c(COc2cnc(Nc3cc(C(=O)N4CCOCC4)n(C)n3)nc2)c1F. The molecule has 1 amide bonds. The van der Waals surface area contributed by atoms with Gasteiger partial charge >= 0.3 is 0 Å². The van der Waals surface area contributed by atoms with E-state index in [9.17, 15) is 13.6 Å². The normalized spacial score (nSPS) is 13.6. The zero-order valence-electron chi connectivity index (χ0n) is 19.0. The molecule has 2 aromatic heterocycles.